The second-order valence-electron chi connectivity index (χ2n) is 3.81. The van der Waals surface area contributed by atoms with E-state index in [1.54, 1.807) is 7.11 Å². The fraction of sp³-hybridized carbons (Fsp3) is 0.417. The van der Waals surface area contributed by atoms with Crippen LogP contribution in [0.25, 0.3) is 10.9 Å². The molecule has 1 aromatic carbocycles. The Labute approximate surface area is 103 Å². The zero-order valence-electron chi connectivity index (χ0n) is 9.51. The highest BCUT2D eigenvalue weighted by Gasteiger charge is 2.09. The first-order chi connectivity index (χ1) is 7.76. The average molecular weight is 283 g/mol. The number of nitrogens with zero attached hydrogens (tertiary/aromatic N) is 1. The van der Waals surface area contributed by atoms with Crippen LogP contribution in [0.4, 0.5) is 0 Å². The van der Waals surface area contributed by atoms with E-state index in [0.717, 1.165) is 27.5 Å². The van der Waals surface area contributed by atoms with E-state index in [0.29, 0.717) is 0 Å². The molecule has 86 valence electrons. The molecule has 0 aliphatic carbocycles. The van der Waals surface area contributed by atoms with Crippen molar-refractivity contribution in [2.45, 2.75) is 26.2 Å². The number of hydrogen-bond acceptors (Lipinski definition) is 2. The lowest BCUT2D eigenvalue weighted by Gasteiger charge is -2.02. The van der Waals surface area contributed by atoms with Crippen LogP contribution < -0.4 is 4.74 Å². The number of methoxy groups -OCH3 is 1. The van der Waals surface area contributed by atoms with Gasteiger partial charge in [-0.05, 0) is 40.9 Å². The molecule has 2 aromatic rings. The molecule has 1 N–H and O–H groups in total. The summed E-state index contributed by atoms with van der Waals surface area (Å²) in [5.74, 6) is 0.860. The van der Waals surface area contributed by atoms with Crippen molar-refractivity contribution in [2.75, 3.05) is 7.11 Å². The van der Waals surface area contributed by atoms with Crippen LogP contribution in [0.5, 0.6) is 5.75 Å². The molecule has 0 saturated heterocycles. The van der Waals surface area contributed by atoms with Gasteiger partial charge in [-0.15, -0.1) is 0 Å². The van der Waals surface area contributed by atoms with Crippen LogP contribution in [0.1, 0.15) is 25.5 Å². The van der Waals surface area contributed by atoms with E-state index in [-0.39, 0.29) is 0 Å². The van der Waals surface area contributed by atoms with Gasteiger partial charge < -0.3 is 4.74 Å². The largest absolute Gasteiger partial charge is 0.497 e. The smallest absolute Gasteiger partial charge is 0.120 e. The number of halogens is 1. The molecule has 0 spiro atoms. The van der Waals surface area contributed by atoms with Gasteiger partial charge in [0.1, 0.15) is 11.3 Å². The summed E-state index contributed by atoms with van der Waals surface area (Å²) >= 11 is 3.51. The highest BCUT2D eigenvalue weighted by Crippen LogP contribution is 2.30. The van der Waals surface area contributed by atoms with Gasteiger partial charge in [-0.2, -0.15) is 5.10 Å². The van der Waals surface area contributed by atoms with E-state index in [4.69, 9.17) is 4.74 Å². The van der Waals surface area contributed by atoms with E-state index in [1.165, 1.54) is 18.5 Å². The van der Waals surface area contributed by atoms with Gasteiger partial charge in [0.15, 0.2) is 0 Å². The third kappa shape index (κ3) is 2.07. The number of aromatic nitrogens is 2. The molecule has 0 aliphatic heterocycles. The van der Waals surface area contributed by atoms with Gasteiger partial charge in [-0.3, -0.25) is 5.10 Å². The van der Waals surface area contributed by atoms with Crippen molar-refractivity contribution in [3.63, 3.8) is 0 Å². The number of fused-ring (bicyclic) bond motifs is 1. The molecule has 16 heavy (non-hydrogen) atoms. The Kier molecular flexibility index (Phi) is 3.49. The highest BCUT2D eigenvalue weighted by molar-refractivity contribution is 9.10. The van der Waals surface area contributed by atoms with Crippen LogP contribution >= 0.6 is 15.9 Å². The summed E-state index contributed by atoms with van der Waals surface area (Å²) < 4.78 is 6.23. The topological polar surface area (TPSA) is 37.9 Å². The van der Waals surface area contributed by atoms with Crippen molar-refractivity contribution in [3.05, 3.63) is 22.3 Å². The Balaban J connectivity index is 2.47. The Morgan fingerprint density at radius 2 is 2.25 bits per heavy atom. The van der Waals surface area contributed by atoms with Gasteiger partial charge in [0.05, 0.1) is 7.11 Å². The standard InChI is InChI=1S/C12H15BrN2O/c1-3-4-5-11-9-6-8(16-2)7-10(13)12(9)15-14-11/h6-7H,3-5H2,1-2H3,(H,14,15). The van der Waals surface area contributed by atoms with Crippen LogP contribution in [0, 0.1) is 0 Å². The highest BCUT2D eigenvalue weighted by atomic mass is 79.9. The lowest BCUT2D eigenvalue weighted by atomic mass is 10.1. The van der Waals surface area contributed by atoms with Crippen molar-refractivity contribution < 1.29 is 4.74 Å². The van der Waals surface area contributed by atoms with E-state index >= 15 is 0 Å². The molecule has 0 amide bonds. The molecule has 0 unspecified atom stereocenters. The number of hydrogen-bond donors (Lipinski definition) is 1. The molecule has 0 radical (unpaired) electrons. The zero-order valence-corrected chi connectivity index (χ0v) is 11.1. The molecule has 1 aromatic heterocycles. The minimum absolute atomic E-state index is 0.860. The van der Waals surface area contributed by atoms with E-state index in [2.05, 4.69) is 33.1 Å². The van der Waals surface area contributed by atoms with Crippen molar-refractivity contribution in [2.24, 2.45) is 0 Å². The predicted octanol–water partition coefficient (Wildman–Crippen LogP) is 3.68. The van der Waals surface area contributed by atoms with Crippen LogP contribution in [0.3, 0.4) is 0 Å². The van der Waals surface area contributed by atoms with Gasteiger partial charge in [0.2, 0.25) is 0 Å². The van der Waals surface area contributed by atoms with Crippen molar-refractivity contribution in [1.82, 2.24) is 10.2 Å². The molecule has 4 heteroatoms. The molecule has 0 saturated carbocycles. The van der Waals surface area contributed by atoms with Gasteiger partial charge in [-0.1, -0.05) is 13.3 Å². The monoisotopic (exact) mass is 282 g/mol. The number of unbranched alkanes of at least 4 members (excludes halogenated alkanes) is 1. The number of aryl methyl sites for hydroxylation is 1. The van der Waals surface area contributed by atoms with Gasteiger partial charge in [-0.25, -0.2) is 0 Å². The first-order valence-electron chi connectivity index (χ1n) is 5.46. The quantitative estimate of drug-likeness (QED) is 0.929. The Morgan fingerprint density at radius 3 is 2.94 bits per heavy atom. The van der Waals surface area contributed by atoms with E-state index < -0.39 is 0 Å². The predicted molar refractivity (Wildman–Crippen MR) is 69.0 cm³/mol. The Morgan fingerprint density at radius 1 is 1.44 bits per heavy atom. The van der Waals surface area contributed by atoms with Crippen LogP contribution in [-0.2, 0) is 6.42 Å². The number of aromatic amines is 1. The first-order valence-corrected chi connectivity index (χ1v) is 6.26. The summed E-state index contributed by atoms with van der Waals surface area (Å²) in [6.07, 6.45) is 3.39. The molecule has 0 aliphatic rings. The molecule has 1 heterocycles. The second-order valence-corrected chi connectivity index (χ2v) is 4.67. The number of ether oxygens (including phenoxy) is 1. The minimum Gasteiger partial charge on any atom is -0.497 e. The van der Waals surface area contributed by atoms with Crippen LogP contribution in [0.15, 0.2) is 16.6 Å². The molecule has 0 fully saturated rings. The Bertz CT molecular complexity index is 493. The fourth-order valence-corrected chi connectivity index (χ4v) is 2.29. The number of rotatable bonds is 4. The summed E-state index contributed by atoms with van der Waals surface area (Å²) in [4.78, 5) is 0. The molecular weight excluding hydrogens is 268 g/mol. The Hall–Kier alpha value is -1.03. The second kappa shape index (κ2) is 4.87. The van der Waals surface area contributed by atoms with Crippen molar-refractivity contribution in [1.29, 1.82) is 0 Å². The maximum absolute atomic E-state index is 5.26. The van der Waals surface area contributed by atoms with Crippen molar-refractivity contribution >= 4 is 26.8 Å². The molecule has 0 bridgehead atoms. The zero-order chi connectivity index (χ0) is 11.5. The van der Waals surface area contributed by atoms with Crippen LogP contribution in [0.2, 0.25) is 0 Å². The van der Waals surface area contributed by atoms with Gasteiger partial charge in [0, 0.05) is 15.6 Å². The third-order valence-corrected chi connectivity index (χ3v) is 3.29. The molecule has 2 rings (SSSR count). The number of H-pyrrole nitrogens is 1. The van der Waals surface area contributed by atoms with Crippen LogP contribution in [-0.4, -0.2) is 17.3 Å². The van der Waals surface area contributed by atoms with E-state index in [9.17, 15) is 0 Å². The molecule has 3 nitrogen and oxygen atoms in total. The average Bonchev–Trinajstić information content (AvgIpc) is 2.70. The summed E-state index contributed by atoms with van der Waals surface area (Å²) in [6.45, 7) is 2.19. The maximum Gasteiger partial charge on any atom is 0.120 e. The number of nitrogens with one attached hydrogen (secondary N) is 1. The van der Waals surface area contributed by atoms with Crippen molar-refractivity contribution in [3.8, 4) is 5.75 Å². The number of benzene rings is 1. The third-order valence-electron chi connectivity index (χ3n) is 2.68. The first kappa shape index (κ1) is 11.5. The van der Waals surface area contributed by atoms with Gasteiger partial charge >= 0.3 is 0 Å². The molecular formula is C12H15BrN2O. The lowest BCUT2D eigenvalue weighted by Crippen LogP contribution is -1.87. The van der Waals surface area contributed by atoms with Gasteiger partial charge in [0.25, 0.3) is 0 Å². The maximum atomic E-state index is 5.26. The van der Waals surface area contributed by atoms with E-state index in [1.807, 2.05) is 12.1 Å². The minimum atomic E-state index is 0.860. The summed E-state index contributed by atoms with van der Waals surface area (Å²) in [6, 6.07) is 3.97. The lowest BCUT2D eigenvalue weighted by molar-refractivity contribution is 0.415. The SMILES string of the molecule is CCCCc1[nH]nc2c(Br)cc(OC)cc12. The molecule has 0 atom stereocenters. The summed E-state index contributed by atoms with van der Waals surface area (Å²) in [7, 11) is 1.68. The fourth-order valence-electron chi connectivity index (χ4n) is 1.76. The summed E-state index contributed by atoms with van der Waals surface area (Å²) in [5.41, 5.74) is 2.17. The normalized spacial score (nSPS) is 10.9. The summed E-state index contributed by atoms with van der Waals surface area (Å²) in [5, 5.41) is 8.58.